The average molecular weight is 687 g/mol. The monoisotopic (exact) mass is 685 g/mol. The lowest BCUT2D eigenvalue weighted by Crippen LogP contribution is -2.59. The number of nitrogens with zero attached hydrogens (tertiary/aromatic N) is 2. The summed E-state index contributed by atoms with van der Waals surface area (Å²) in [4.78, 5) is 17.2. The van der Waals surface area contributed by atoms with Crippen LogP contribution >= 0.6 is 48.4 Å². The zero-order valence-corrected chi connectivity index (χ0v) is 23.3. The summed E-state index contributed by atoms with van der Waals surface area (Å²) in [6.45, 7) is 2.38. The van der Waals surface area contributed by atoms with Gasteiger partial charge in [0.1, 0.15) is 0 Å². The SMILES string of the molecule is CCc1cc(C(F)(C(F)(F)F)C(F)(F)C(F)(F)F)cc(C)c1NC(=O)c1ccc(N=c2ssnc2Cl)c(Br)c1. The number of benzene rings is 2. The van der Waals surface area contributed by atoms with Crippen LogP contribution < -0.4 is 9.99 Å². The summed E-state index contributed by atoms with van der Waals surface area (Å²) in [5.74, 6) is -7.60. The van der Waals surface area contributed by atoms with E-state index in [1.165, 1.54) is 35.5 Å². The molecular formula is C22H14BrClF9N3OS2. The molecule has 2 aromatic carbocycles. The summed E-state index contributed by atoms with van der Waals surface area (Å²) >= 11 is 9.18. The van der Waals surface area contributed by atoms with Gasteiger partial charge in [-0.1, -0.05) is 24.6 Å². The second kappa shape index (κ2) is 11.0. The number of halogens is 11. The Bertz CT molecular complexity index is 1470. The molecule has 17 heteroatoms. The minimum Gasteiger partial charge on any atom is -0.321 e. The quantitative estimate of drug-likeness (QED) is 0.208. The molecule has 3 aromatic rings. The molecule has 1 amide bonds. The Kier molecular flexibility index (Phi) is 8.85. The van der Waals surface area contributed by atoms with E-state index in [0.717, 1.165) is 17.5 Å². The van der Waals surface area contributed by atoms with Crippen molar-refractivity contribution in [3.8, 4) is 0 Å². The van der Waals surface area contributed by atoms with E-state index in [1.807, 2.05) is 0 Å². The van der Waals surface area contributed by atoms with E-state index >= 15 is 0 Å². The van der Waals surface area contributed by atoms with Crippen molar-refractivity contribution in [1.29, 1.82) is 0 Å². The van der Waals surface area contributed by atoms with Crippen molar-refractivity contribution >= 4 is 65.7 Å². The third-order valence-corrected chi connectivity index (χ3v) is 8.26. The van der Waals surface area contributed by atoms with Crippen LogP contribution in [0.15, 0.2) is 39.8 Å². The summed E-state index contributed by atoms with van der Waals surface area (Å²) in [6.07, 6.45) is -13.7. The molecule has 0 fully saturated rings. The Hall–Kier alpha value is -2.17. The highest BCUT2D eigenvalue weighted by Gasteiger charge is 2.81. The molecule has 212 valence electrons. The molecule has 3 rings (SSSR count). The van der Waals surface area contributed by atoms with Gasteiger partial charge in [0.25, 0.3) is 5.91 Å². The van der Waals surface area contributed by atoms with Crippen molar-refractivity contribution in [3.63, 3.8) is 0 Å². The summed E-state index contributed by atoms with van der Waals surface area (Å²) in [5.41, 5.74) is -8.44. The summed E-state index contributed by atoms with van der Waals surface area (Å²) in [5, 5.41) is 2.58. The Labute approximate surface area is 235 Å². The van der Waals surface area contributed by atoms with E-state index in [4.69, 9.17) is 11.6 Å². The third kappa shape index (κ3) is 5.84. The number of aryl methyl sites for hydroxylation is 2. The lowest BCUT2D eigenvalue weighted by atomic mass is 9.85. The molecule has 4 nitrogen and oxygen atoms in total. The number of hydrogen-bond acceptors (Lipinski definition) is 5. The van der Waals surface area contributed by atoms with Crippen LogP contribution in [0, 0.1) is 6.92 Å². The van der Waals surface area contributed by atoms with E-state index in [-0.39, 0.29) is 46.1 Å². The molecule has 1 N–H and O–H groups in total. The first-order valence-electron chi connectivity index (χ1n) is 10.5. The minimum atomic E-state index is -6.85. The van der Waals surface area contributed by atoms with Gasteiger partial charge in [-0.3, -0.25) is 4.79 Å². The Balaban J connectivity index is 2.03. The Morgan fingerprint density at radius 3 is 2.18 bits per heavy atom. The van der Waals surface area contributed by atoms with Crippen molar-refractivity contribution in [1.82, 2.24) is 4.37 Å². The fraction of sp³-hybridized carbons (Fsp3) is 0.318. The second-order valence-corrected chi connectivity index (χ2v) is 11.0. The van der Waals surface area contributed by atoms with Crippen LogP contribution in [-0.2, 0) is 12.1 Å². The van der Waals surface area contributed by atoms with Crippen LogP contribution in [-0.4, -0.2) is 28.6 Å². The summed E-state index contributed by atoms with van der Waals surface area (Å²) in [7, 11) is 2.32. The fourth-order valence-electron chi connectivity index (χ4n) is 3.49. The lowest BCUT2D eigenvalue weighted by molar-refractivity contribution is -0.389. The van der Waals surface area contributed by atoms with Crippen molar-refractivity contribution in [2.75, 3.05) is 5.32 Å². The van der Waals surface area contributed by atoms with Crippen LogP contribution in [0.1, 0.15) is 34.0 Å². The molecule has 0 saturated carbocycles. The summed E-state index contributed by atoms with van der Waals surface area (Å²) < 4.78 is 127. The molecule has 0 aliphatic heterocycles. The summed E-state index contributed by atoms with van der Waals surface area (Å²) in [6, 6.07) is 4.62. The minimum absolute atomic E-state index is 0.0308. The zero-order valence-electron chi connectivity index (χ0n) is 19.4. The maximum absolute atomic E-state index is 15.0. The second-order valence-electron chi connectivity index (χ2n) is 7.99. The van der Waals surface area contributed by atoms with E-state index in [2.05, 4.69) is 30.6 Å². The van der Waals surface area contributed by atoms with E-state index < -0.39 is 35.4 Å². The highest BCUT2D eigenvalue weighted by atomic mass is 79.9. The molecular weight excluding hydrogens is 673 g/mol. The van der Waals surface area contributed by atoms with Crippen LogP contribution in [0.25, 0.3) is 0 Å². The molecule has 39 heavy (non-hydrogen) atoms. The number of anilines is 1. The van der Waals surface area contributed by atoms with Gasteiger partial charge in [-0.25, -0.2) is 9.38 Å². The fourth-order valence-corrected chi connectivity index (χ4v) is 5.95. The van der Waals surface area contributed by atoms with E-state index in [0.29, 0.717) is 14.8 Å². The van der Waals surface area contributed by atoms with Gasteiger partial charge in [0, 0.05) is 31.8 Å². The third-order valence-electron chi connectivity index (χ3n) is 5.46. The largest absolute Gasteiger partial charge is 0.457 e. The van der Waals surface area contributed by atoms with E-state index in [1.54, 1.807) is 0 Å². The number of carbonyl (C=O) groups is 1. The molecule has 1 unspecified atom stereocenters. The maximum Gasteiger partial charge on any atom is 0.457 e. The first kappa shape index (κ1) is 31.4. The van der Waals surface area contributed by atoms with Crippen molar-refractivity contribution in [2.24, 2.45) is 4.99 Å². The van der Waals surface area contributed by atoms with Gasteiger partial charge in [0.05, 0.1) is 5.69 Å². The van der Waals surface area contributed by atoms with Crippen LogP contribution in [0.3, 0.4) is 0 Å². The Morgan fingerprint density at radius 1 is 1.05 bits per heavy atom. The van der Waals surface area contributed by atoms with Crippen molar-refractivity contribution < 1.29 is 44.3 Å². The first-order chi connectivity index (χ1) is 17.8. The van der Waals surface area contributed by atoms with Crippen molar-refractivity contribution in [3.05, 3.63) is 66.9 Å². The molecule has 1 aromatic heterocycles. The predicted octanol–water partition coefficient (Wildman–Crippen LogP) is 8.90. The maximum atomic E-state index is 15.0. The number of amides is 1. The number of hydrogen-bond donors (Lipinski definition) is 1. The molecule has 1 atom stereocenters. The van der Waals surface area contributed by atoms with Gasteiger partial charge >= 0.3 is 23.9 Å². The van der Waals surface area contributed by atoms with Crippen LogP contribution in [0.5, 0.6) is 0 Å². The van der Waals surface area contributed by atoms with Gasteiger partial charge in [0.2, 0.25) is 0 Å². The predicted molar refractivity (Wildman–Crippen MR) is 133 cm³/mol. The molecule has 0 saturated heterocycles. The van der Waals surface area contributed by atoms with Gasteiger partial charge in [-0.15, -0.1) is 0 Å². The highest BCUT2D eigenvalue weighted by molar-refractivity contribution is 9.10. The molecule has 1 heterocycles. The molecule has 0 aliphatic carbocycles. The first-order valence-corrected chi connectivity index (χ1v) is 13.7. The topological polar surface area (TPSA) is 54.4 Å². The smallest absolute Gasteiger partial charge is 0.321 e. The molecule has 0 aliphatic rings. The highest BCUT2D eigenvalue weighted by Crippen LogP contribution is 2.58. The standard InChI is InChI=1S/C22H14BrClF9N3OS2/c1-3-10-7-12(19(25,21(28,29)30)20(26,27)22(31,32)33)6-9(2)15(10)35-17(37)11-4-5-14(13(23)8-11)34-18-16(24)36-39-38-18/h4-8H,3H2,1-2H3,(H,35,37). The molecule has 0 radical (unpaired) electrons. The lowest BCUT2D eigenvalue weighted by Gasteiger charge is -2.36. The normalized spacial score (nSPS) is 14.8. The van der Waals surface area contributed by atoms with Crippen LogP contribution in [0.2, 0.25) is 5.15 Å². The number of aromatic nitrogens is 1. The average Bonchev–Trinajstić information content (AvgIpc) is 3.23. The number of rotatable bonds is 6. The Morgan fingerprint density at radius 2 is 1.69 bits per heavy atom. The van der Waals surface area contributed by atoms with Crippen molar-refractivity contribution in [2.45, 2.75) is 44.2 Å². The van der Waals surface area contributed by atoms with Gasteiger partial charge < -0.3 is 5.32 Å². The number of carbonyl (C=O) groups excluding carboxylic acids is 1. The number of nitrogens with one attached hydrogen (secondary N) is 1. The van der Waals surface area contributed by atoms with Crippen LogP contribution in [0.4, 0.5) is 50.9 Å². The van der Waals surface area contributed by atoms with E-state index in [9.17, 15) is 44.3 Å². The van der Waals surface area contributed by atoms with Gasteiger partial charge in [0.15, 0.2) is 9.82 Å². The van der Waals surface area contributed by atoms with Gasteiger partial charge in [-0.05, 0) is 75.0 Å². The molecule has 0 bridgehead atoms. The zero-order chi connectivity index (χ0) is 29.6. The van der Waals surface area contributed by atoms with Gasteiger partial charge in [-0.2, -0.15) is 39.5 Å². The number of alkyl halides is 9. The molecule has 0 spiro atoms.